The van der Waals surface area contributed by atoms with E-state index in [1.807, 2.05) is 67.7 Å². The zero-order chi connectivity index (χ0) is 22.2. The highest BCUT2D eigenvalue weighted by atomic mass is 79.9. The maximum atomic E-state index is 14.0. The molecule has 0 saturated carbocycles. The van der Waals surface area contributed by atoms with Crippen LogP contribution in [0, 0.1) is 12.8 Å². The number of hydrogen-bond acceptors (Lipinski definition) is 3. The Hall–Kier alpha value is -2.02. The Morgan fingerprint density at radius 3 is 2.35 bits per heavy atom. The molecule has 1 heterocycles. The van der Waals surface area contributed by atoms with Crippen molar-refractivity contribution >= 4 is 37.7 Å². The zero-order valence-corrected chi connectivity index (χ0v) is 20.8. The summed E-state index contributed by atoms with van der Waals surface area (Å²) in [4.78, 5) is 2.39. The number of thioether (sulfide) groups is 1. The maximum absolute atomic E-state index is 14.0. The number of sulfonamides is 1. The monoisotopic (exact) mass is 513 g/mol. The highest BCUT2D eigenvalue weighted by molar-refractivity contribution is 9.10. The molecule has 3 nitrogen and oxygen atoms in total. The average molecular weight is 515 g/mol. The minimum absolute atomic E-state index is 0.190. The SMILES string of the molecule is Cc1ccc(S(=O)(=O)N2C=C(C(C)C)Sc3ccccc3[C@H]2c2cccc(Br)c2)cc1. The maximum Gasteiger partial charge on any atom is 0.264 e. The lowest BCUT2D eigenvalue weighted by atomic mass is 9.98. The van der Waals surface area contributed by atoms with E-state index < -0.39 is 16.1 Å². The number of rotatable bonds is 4. The van der Waals surface area contributed by atoms with E-state index in [4.69, 9.17) is 0 Å². The summed E-state index contributed by atoms with van der Waals surface area (Å²) in [6.07, 6.45) is 1.83. The molecule has 0 amide bonds. The Morgan fingerprint density at radius 1 is 0.968 bits per heavy atom. The van der Waals surface area contributed by atoms with Gasteiger partial charge in [-0.05, 0) is 54.3 Å². The number of halogens is 1. The third kappa shape index (κ3) is 4.47. The first-order valence-electron chi connectivity index (χ1n) is 10.1. The molecular formula is C25H24BrNO2S2. The van der Waals surface area contributed by atoms with Gasteiger partial charge in [0.25, 0.3) is 10.0 Å². The lowest BCUT2D eigenvalue weighted by molar-refractivity contribution is 0.444. The van der Waals surface area contributed by atoms with Crippen molar-refractivity contribution in [2.24, 2.45) is 5.92 Å². The number of nitrogens with zero attached hydrogens (tertiary/aromatic N) is 1. The van der Waals surface area contributed by atoms with Crippen molar-refractivity contribution < 1.29 is 8.42 Å². The number of allylic oxidation sites excluding steroid dienone is 1. The molecule has 0 saturated heterocycles. The Balaban J connectivity index is 2.00. The van der Waals surface area contributed by atoms with Crippen molar-refractivity contribution in [1.29, 1.82) is 0 Å². The van der Waals surface area contributed by atoms with Gasteiger partial charge in [0, 0.05) is 20.5 Å². The minimum Gasteiger partial charge on any atom is -0.261 e. The fourth-order valence-corrected chi connectivity index (χ4v) is 6.67. The lowest BCUT2D eigenvalue weighted by Crippen LogP contribution is -2.31. The molecule has 0 radical (unpaired) electrons. The van der Waals surface area contributed by atoms with Crippen LogP contribution in [0.25, 0.3) is 0 Å². The molecule has 4 rings (SSSR count). The van der Waals surface area contributed by atoms with Crippen LogP contribution in [0.5, 0.6) is 0 Å². The first-order chi connectivity index (χ1) is 14.8. The number of aryl methyl sites for hydroxylation is 1. The quantitative estimate of drug-likeness (QED) is 0.371. The highest BCUT2D eigenvalue weighted by Gasteiger charge is 2.35. The van der Waals surface area contributed by atoms with E-state index in [2.05, 4.69) is 35.8 Å². The molecule has 1 atom stereocenters. The van der Waals surface area contributed by atoms with Crippen LogP contribution < -0.4 is 0 Å². The standard InChI is InChI=1S/C25H24BrNO2S2/c1-17(2)24-16-27(31(28,29)21-13-11-18(3)12-14-21)25(19-7-6-8-20(26)15-19)22-9-4-5-10-23(22)30-24/h4-17,25H,1-3H3/t25-/m1/s1. The molecule has 31 heavy (non-hydrogen) atoms. The molecule has 3 aromatic carbocycles. The number of benzene rings is 3. The van der Waals surface area contributed by atoms with Crippen molar-refractivity contribution in [3.63, 3.8) is 0 Å². The van der Waals surface area contributed by atoms with E-state index in [1.54, 1.807) is 28.2 Å². The van der Waals surface area contributed by atoms with Gasteiger partial charge in [0.05, 0.1) is 10.9 Å². The Labute approximate surface area is 197 Å². The van der Waals surface area contributed by atoms with Crippen LogP contribution in [-0.4, -0.2) is 12.7 Å². The van der Waals surface area contributed by atoms with Crippen LogP contribution in [0.1, 0.15) is 36.6 Å². The van der Waals surface area contributed by atoms with Crippen LogP contribution >= 0.6 is 27.7 Å². The normalized spacial score (nSPS) is 16.6. The summed E-state index contributed by atoms with van der Waals surface area (Å²) < 4.78 is 30.4. The summed E-state index contributed by atoms with van der Waals surface area (Å²) in [6, 6.07) is 22.6. The lowest BCUT2D eigenvalue weighted by Gasteiger charge is -2.31. The molecule has 0 aliphatic carbocycles. The summed E-state index contributed by atoms with van der Waals surface area (Å²) in [5, 5.41) is 0. The van der Waals surface area contributed by atoms with Crippen molar-refractivity contribution in [3.8, 4) is 0 Å². The van der Waals surface area contributed by atoms with Crippen LogP contribution in [0.15, 0.2) is 98.2 Å². The highest BCUT2D eigenvalue weighted by Crippen LogP contribution is 2.46. The van der Waals surface area contributed by atoms with E-state index in [0.717, 1.165) is 31.0 Å². The first-order valence-corrected chi connectivity index (χ1v) is 13.2. The van der Waals surface area contributed by atoms with Gasteiger partial charge < -0.3 is 0 Å². The van der Waals surface area contributed by atoms with E-state index in [-0.39, 0.29) is 5.92 Å². The van der Waals surface area contributed by atoms with Gasteiger partial charge in [-0.2, -0.15) is 0 Å². The molecule has 0 fully saturated rings. The smallest absolute Gasteiger partial charge is 0.261 e. The molecular weight excluding hydrogens is 490 g/mol. The Morgan fingerprint density at radius 2 is 1.68 bits per heavy atom. The molecule has 0 unspecified atom stereocenters. The third-order valence-corrected chi connectivity index (χ3v) is 8.92. The summed E-state index contributed by atoms with van der Waals surface area (Å²) in [6.45, 7) is 6.14. The van der Waals surface area contributed by atoms with Gasteiger partial charge in [-0.25, -0.2) is 8.42 Å². The van der Waals surface area contributed by atoms with E-state index in [9.17, 15) is 8.42 Å². The number of hydrogen-bond donors (Lipinski definition) is 0. The van der Waals surface area contributed by atoms with Crippen LogP contribution in [0.2, 0.25) is 0 Å². The second kappa shape index (κ2) is 8.85. The molecule has 0 spiro atoms. The molecule has 6 heteroatoms. The summed E-state index contributed by atoms with van der Waals surface area (Å²) in [5.74, 6) is 0.190. The first kappa shape index (κ1) is 22.2. The predicted molar refractivity (Wildman–Crippen MR) is 131 cm³/mol. The van der Waals surface area contributed by atoms with Crippen LogP contribution in [0.4, 0.5) is 0 Å². The van der Waals surface area contributed by atoms with Crippen molar-refractivity contribution in [3.05, 3.63) is 105 Å². The summed E-state index contributed by atoms with van der Waals surface area (Å²) in [7, 11) is -3.79. The van der Waals surface area contributed by atoms with Crippen LogP contribution in [0.3, 0.4) is 0 Å². The zero-order valence-electron chi connectivity index (χ0n) is 17.6. The van der Waals surface area contributed by atoms with Gasteiger partial charge in [0.2, 0.25) is 0 Å². The second-order valence-electron chi connectivity index (χ2n) is 7.93. The largest absolute Gasteiger partial charge is 0.264 e. The van der Waals surface area contributed by atoms with Gasteiger partial charge in [-0.1, -0.05) is 89.6 Å². The molecule has 1 aliphatic rings. The molecule has 0 N–H and O–H groups in total. The fourth-order valence-electron chi connectivity index (χ4n) is 3.60. The van der Waals surface area contributed by atoms with Gasteiger partial charge in [-0.3, -0.25) is 4.31 Å². The fraction of sp³-hybridized carbons (Fsp3) is 0.200. The van der Waals surface area contributed by atoms with Crippen molar-refractivity contribution in [1.82, 2.24) is 4.31 Å². The Bertz CT molecular complexity index is 1230. The van der Waals surface area contributed by atoms with Crippen LogP contribution in [-0.2, 0) is 10.0 Å². The summed E-state index contributed by atoms with van der Waals surface area (Å²) in [5.41, 5.74) is 2.92. The van der Waals surface area contributed by atoms with Gasteiger partial charge >= 0.3 is 0 Å². The molecule has 160 valence electrons. The van der Waals surface area contributed by atoms with E-state index in [1.165, 1.54) is 0 Å². The Kier molecular flexibility index (Phi) is 6.33. The van der Waals surface area contributed by atoms with E-state index in [0.29, 0.717) is 4.90 Å². The predicted octanol–water partition coefficient (Wildman–Crippen LogP) is 7.14. The number of fused-ring (bicyclic) bond motifs is 1. The van der Waals surface area contributed by atoms with Gasteiger partial charge in [0.15, 0.2) is 0 Å². The van der Waals surface area contributed by atoms with Gasteiger partial charge in [-0.15, -0.1) is 0 Å². The third-order valence-electron chi connectivity index (χ3n) is 5.28. The van der Waals surface area contributed by atoms with Crippen molar-refractivity contribution in [2.45, 2.75) is 36.6 Å². The second-order valence-corrected chi connectivity index (χ2v) is 11.8. The van der Waals surface area contributed by atoms with Gasteiger partial charge in [0.1, 0.15) is 0 Å². The molecule has 0 aromatic heterocycles. The average Bonchev–Trinajstić information content (AvgIpc) is 2.92. The minimum atomic E-state index is -3.79. The molecule has 0 bridgehead atoms. The van der Waals surface area contributed by atoms with E-state index >= 15 is 0 Å². The summed E-state index contributed by atoms with van der Waals surface area (Å²) >= 11 is 5.21. The molecule has 3 aromatic rings. The van der Waals surface area contributed by atoms with Crippen molar-refractivity contribution in [2.75, 3.05) is 0 Å². The topological polar surface area (TPSA) is 37.4 Å². The molecule has 1 aliphatic heterocycles.